The Morgan fingerprint density at radius 1 is 0.958 bits per heavy atom. The van der Waals surface area contributed by atoms with Crippen molar-refractivity contribution in [1.29, 1.82) is 0 Å². The molecular formula is C19H28N2O3. The molecule has 1 aromatic rings. The SMILES string of the molecule is COc1ccc(C(=O)N2CCC(N3CCCCC3)CC2)cc1OC. The topological polar surface area (TPSA) is 42.0 Å². The van der Waals surface area contributed by atoms with Crippen LogP contribution >= 0.6 is 0 Å². The summed E-state index contributed by atoms with van der Waals surface area (Å²) in [6, 6.07) is 6.05. The molecule has 5 nitrogen and oxygen atoms in total. The molecule has 0 radical (unpaired) electrons. The Kier molecular flexibility index (Phi) is 5.61. The number of methoxy groups -OCH3 is 2. The largest absolute Gasteiger partial charge is 0.493 e. The van der Waals surface area contributed by atoms with Crippen molar-refractivity contribution in [2.45, 2.75) is 38.1 Å². The molecule has 0 unspecified atom stereocenters. The van der Waals surface area contributed by atoms with Crippen LogP contribution in [0.25, 0.3) is 0 Å². The lowest BCUT2D eigenvalue weighted by molar-refractivity contribution is 0.0589. The fourth-order valence-electron chi connectivity index (χ4n) is 3.87. The van der Waals surface area contributed by atoms with E-state index in [9.17, 15) is 4.79 Å². The van der Waals surface area contributed by atoms with Crippen LogP contribution in [-0.4, -0.2) is 62.1 Å². The number of rotatable bonds is 4. The van der Waals surface area contributed by atoms with E-state index in [-0.39, 0.29) is 5.91 Å². The van der Waals surface area contributed by atoms with Gasteiger partial charge >= 0.3 is 0 Å². The van der Waals surface area contributed by atoms with E-state index < -0.39 is 0 Å². The first-order valence-electron chi connectivity index (χ1n) is 8.98. The van der Waals surface area contributed by atoms with Crippen molar-refractivity contribution in [2.75, 3.05) is 40.4 Å². The van der Waals surface area contributed by atoms with E-state index in [1.165, 1.54) is 32.4 Å². The molecular weight excluding hydrogens is 304 g/mol. The van der Waals surface area contributed by atoms with Crippen LogP contribution in [0.4, 0.5) is 0 Å². The van der Waals surface area contributed by atoms with Crippen molar-refractivity contribution >= 4 is 5.91 Å². The van der Waals surface area contributed by atoms with Crippen LogP contribution in [0.5, 0.6) is 11.5 Å². The Labute approximate surface area is 144 Å². The number of nitrogens with zero attached hydrogens (tertiary/aromatic N) is 2. The Hall–Kier alpha value is -1.75. The molecule has 1 amide bonds. The van der Waals surface area contributed by atoms with Crippen LogP contribution in [-0.2, 0) is 0 Å². The van der Waals surface area contributed by atoms with Crippen molar-refractivity contribution in [3.05, 3.63) is 23.8 Å². The Balaban J connectivity index is 1.60. The number of hydrogen-bond acceptors (Lipinski definition) is 4. The molecule has 0 bridgehead atoms. The Bertz CT molecular complexity index is 562. The highest BCUT2D eigenvalue weighted by atomic mass is 16.5. The zero-order valence-electron chi connectivity index (χ0n) is 14.8. The molecule has 132 valence electrons. The van der Waals surface area contributed by atoms with E-state index >= 15 is 0 Å². The minimum atomic E-state index is 0.0908. The quantitative estimate of drug-likeness (QED) is 0.850. The van der Waals surface area contributed by atoms with Crippen LogP contribution in [0, 0.1) is 0 Å². The molecule has 2 aliphatic rings. The third-order valence-corrected chi connectivity index (χ3v) is 5.29. The first kappa shape index (κ1) is 17.1. The summed E-state index contributed by atoms with van der Waals surface area (Å²) >= 11 is 0. The maximum Gasteiger partial charge on any atom is 0.253 e. The molecule has 24 heavy (non-hydrogen) atoms. The number of amides is 1. The molecule has 3 rings (SSSR count). The number of carbonyl (C=O) groups is 1. The highest BCUT2D eigenvalue weighted by Gasteiger charge is 2.28. The Morgan fingerprint density at radius 2 is 1.62 bits per heavy atom. The second kappa shape index (κ2) is 7.88. The minimum Gasteiger partial charge on any atom is -0.493 e. The first-order chi connectivity index (χ1) is 11.7. The smallest absolute Gasteiger partial charge is 0.253 e. The zero-order valence-corrected chi connectivity index (χ0v) is 14.8. The number of ether oxygens (including phenoxy) is 2. The standard InChI is InChI=1S/C19H28N2O3/c1-23-17-7-6-15(14-18(17)24-2)19(22)21-12-8-16(9-13-21)20-10-4-3-5-11-20/h6-7,14,16H,3-5,8-13H2,1-2H3. The second-order valence-electron chi connectivity index (χ2n) is 6.69. The molecule has 2 saturated heterocycles. The van der Waals surface area contributed by atoms with E-state index in [1.54, 1.807) is 26.4 Å². The lowest BCUT2D eigenvalue weighted by Gasteiger charge is -2.40. The average molecular weight is 332 g/mol. The molecule has 2 heterocycles. The minimum absolute atomic E-state index is 0.0908. The summed E-state index contributed by atoms with van der Waals surface area (Å²) in [6.07, 6.45) is 6.18. The maximum absolute atomic E-state index is 12.8. The van der Waals surface area contributed by atoms with E-state index in [4.69, 9.17) is 9.47 Å². The summed E-state index contributed by atoms with van der Waals surface area (Å²) in [6.45, 7) is 4.14. The van der Waals surface area contributed by atoms with Crippen molar-refractivity contribution in [2.24, 2.45) is 0 Å². The van der Waals surface area contributed by atoms with Gasteiger partial charge in [-0.3, -0.25) is 4.79 Å². The van der Waals surface area contributed by atoms with Gasteiger partial charge < -0.3 is 19.3 Å². The van der Waals surface area contributed by atoms with Gasteiger partial charge in [-0.2, -0.15) is 0 Å². The average Bonchev–Trinajstić information content (AvgIpc) is 2.67. The lowest BCUT2D eigenvalue weighted by Crippen LogP contribution is -2.48. The summed E-state index contributed by atoms with van der Waals surface area (Å²) in [5, 5.41) is 0. The highest BCUT2D eigenvalue weighted by molar-refractivity contribution is 5.95. The molecule has 0 spiro atoms. The van der Waals surface area contributed by atoms with Crippen molar-refractivity contribution in [3.63, 3.8) is 0 Å². The number of piperidine rings is 2. The summed E-state index contributed by atoms with van der Waals surface area (Å²) in [7, 11) is 3.20. The molecule has 5 heteroatoms. The van der Waals surface area contributed by atoms with Crippen LogP contribution in [0.15, 0.2) is 18.2 Å². The van der Waals surface area contributed by atoms with E-state index in [0.717, 1.165) is 25.9 Å². The zero-order chi connectivity index (χ0) is 16.9. The van der Waals surface area contributed by atoms with Gasteiger partial charge in [-0.15, -0.1) is 0 Å². The van der Waals surface area contributed by atoms with Crippen molar-refractivity contribution < 1.29 is 14.3 Å². The van der Waals surface area contributed by atoms with Gasteiger partial charge in [0.25, 0.3) is 5.91 Å². The number of carbonyl (C=O) groups excluding carboxylic acids is 1. The predicted molar refractivity (Wildman–Crippen MR) is 93.9 cm³/mol. The molecule has 1 aromatic carbocycles. The summed E-state index contributed by atoms with van der Waals surface area (Å²) in [5.41, 5.74) is 0.670. The molecule has 0 saturated carbocycles. The Morgan fingerprint density at radius 3 is 2.25 bits per heavy atom. The highest BCUT2D eigenvalue weighted by Crippen LogP contribution is 2.29. The normalized spacial score (nSPS) is 20.0. The molecule has 0 aliphatic carbocycles. The molecule has 0 N–H and O–H groups in total. The van der Waals surface area contributed by atoms with Crippen molar-refractivity contribution in [3.8, 4) is 11.5 Å². The predicted octanol–water partition coefficient (Wildman–Crippen LogP) is 2.79. The summed E-state index contributed by atoms with van der Waals surface area (Å²) < 4.78 is 10.6. The van der Waals surface area contributed by atoms with Crippen LogP contribution in [0.1, 0.15) is 42.5 Å². The van der Waals surface area contributed by atoms with E-state index in [2.05, 4.69) is 4.90 Å². The van der Waals surface area contributed by atoms with E-state index in [0.29, 0.717) is 23.1 Å². The first-order valence-corrected chi connectivity index (χ1v) is 8.98. The van der Waals surface area contributed by atoms with Gasteiger partial charge in [0.05, 0.1) is 14.2 Å². The summed E-state index contributed by atoms with van der Waals surface area (Å²) in [5.74, 6) is 1.34. The van der Waals surface area contributed by atoms with Gasteiger partial charge in [0.1, 0.15) is 0 Å². The third-order valence-electron chi connectivity index (χ3n) is 5.29. The van der Waals surface area contributed by atoms with Crippen molar-refractivity contribution in [1.82, 2.24) is 9.80 Å². The third kappa shape index (κ3) is 3.66. The molecule has 2 fully saturated rings. The lowest BCUT2D eigenvalue weighted by atomic mass is 9.99. The van der Waals surface area contributed by atoms with Crippen LogP contribution in [0.2, 0.25) is 0 Å². The summed E-state index contributed by atoms with van der Waals surface area (Å²) in [4.78, 5) is 17.4. The van der Waals surface area contributed by atoms with Gasteiger partial charge in [-0.25, -0.2) is 0 Å². The monoisotopic (exact) mass is 332 g/mol. The number of likely N-dealkylation sites (tertiary alicyclic amines) is 2. The van der Waals surface area contributed by atoms with Gasteiger partial charge in [-0.1, -0.05) is 6.42 Å². The van der Waals surface area contributed by atoms with Crippen LogP contribution < -0.4 is 9.47 Å². The van der Waals surface area contributed by atoms with Gasteiger partial charge in [-0.05, 0) is 57.0 Å². The fourth-order valence-corrected chi connectivity index (χ4v) is 3.87. The fraction of sp³-hybridized carbons (Fsp3) is 0.632. The number of hydrogen-bond donors (Lipinski definition) is 0. The van der Waals surface area contributed by atoms with Crippen LogP contribution in [0.3, 0.4) is 0 Å². The van der Waals surface area contributed by atoms with E-state index in [1.807, 2.05) is 11.0 Å². The van der Waals surface area contributed by atoms with Gasteiger partial charge in [0, 0.05) is 24.7 Å². The maximum atomic E-state index is 12.8. The molecule has 0 atom stereocenters. The molecule has 2 aliphatic heterocycles. The second-order valence-corrected chi connectivity index (χ2v) is 6.69. The van der Waals surface area contributed by atoms with Gasteiger partial charge in [0.2, 0.25) is 0 Å². The number of benzene rings is 1. The molecule has 0 aromatic heterocycles. The van der Waals surface area contributed by atoms with Gasteiger partial charge in [0.15, 0.2) is 11.5 Å².